The lowest BCUT2D eigenvalue weighted by Crippen LogP contribution is -1.88. The van der Waals surface area contributed by atoms with E-state index in [0.29, 0.717) is 5.95 Å². The topological polar surface area (TPSA) is 35.3 Å². The zero-order valence-corrected chi connectivity index (χ0v) is 8.07. The number of aryl methyl sites for hydroxylation is 1. The third-order valence-electron chi connectivity index (χ3n) is 2.13. The van der Waals surface area contributed by atoms with Crippen LogP contribution in [0.3, 0.4) is 0 Å². The van der Waals surface area contributed by atoms with E-state index in [1.54, 1.807) is 0 Å². The summed E-state index contributed by atoms with van der Waals surface area (Å²) in [5.74, 6) is 1.15. The van der Waals surface area contributed by atoms with Gasteiger partial charge in [-0.15, -0.1) is 0 Å². The molecule has 1 heterocycles. The van der Waals surface area contributed by atoms with Crippen LogP contribution in [0.25, 0.3) is 0 Å². The van der Waals surface area contributed by atoms with Gasteiger partial charge in [0.15, 0.2) is 0 Å². The van der Waals surface area contributed by atoms with Crippen molar-refractivity contribution >= 4 is 0 Å². The Morgan fingerprint density at radius 3 is 2.93 bits per heavy atom. The average Bonchev–Trinajstić information content (AvgIpc) is 2.66. The maximum atomic E-state index is 5.47. The molecule has 0 fully saturated rings. The summed E-state index contributed by atoms with van der Waals surface area (Å²) in [7, 11) is 0. The summed E-state index contributed by atoms with van der Waals surface area (Å²) in [6, 6.07) is 5.87. The van der Waals surface area contributed by atoms with E-state index in [9.17, 15) is 0 Å². The van der Waals surface area contributed by atoms with E-state index in [-0.39, 0.29) is 0 Å². The molecule has 0 saturated carbocycles. The van der Waals surface area contributed by atoms with E-state index in [4.69, 9.17) is 9.15 Å². The molecule has 2 rings (SSSR count). The van der Waals surface area contributed by atoms with E-state index in [1.807, 2.05) is 32.0 Å². The second kappa shape index (κ2) is 3.54. The lowest BCUT2D eigenvalue weighted by Gasteiger charge is -2.06. The third-order valence-corrected chi connectivity index (χ3v) is 2.13. The van der Waals surface area contributed by atoms with Gasteiger partial charge in [-0.05, 0) is 31.0 Å². The zero-order chi connectivity index (χ0) is 9.97. The monoisotopic (exact) mass is 188 g/mol. The Labute approximate surface area is 82.3 Å². The molecule has 0 bridgehead atoms. The number of nitrogens with zero attached hydrogens (tertiary/aromatic N) is 1. The molecular weight excluding hydrogens is 178 g/mol. The van der Waals surface area contributed by atoms with Crippen LogP contribution in [0.5, 0.6) is 11.7 Å². The highest BCUT2D eigenvalue weighted by Crippen LogP contribution is 2.25. The molecule has 0 spiro atoms. The first kappa shape index (κ1) is 8.81. The molecule has 3 heteroatoms. The van der Waals surface area contributed by atoms with E-state index in [2.05, 4.69) is 11.4 Å². The molecular formula is C11H10NO2. The molecule has 0 N–H and O–H groups in total. The molecule has 3 nitrogen and oxygen atoms in total. The Hall–Kier alpha value is -1.77. The quantitative estimate of drug-likeness (QED) is 0.726. The predicted molar refractivity (Wildman–Crippen MR) is 51.3 cm³/mol. The van der Waals surface area contributed by atoms with Crippen LogP contribution in [0.1, 0.15) is 11.1 Å². The molecule has 0 saturated heterocycles. The SMILES string of the molecule is Cc1cccc(Oc2cn[c]o2)c1C. The van der Waals surface area contributed by atoms with Gasteiger partial charge in [-0.1, -0.05) is 12.1 Å². The fourth-order valence-corrected chi connectivity index (χ4v) is 1.17. The molecule has 0 aliphatic rings. The number of oxazole rings is 1. The van der Waals surface area contributed by atoms with Gasteiger partial charge in [-0.3, -0.25) is 0 Å². The van der Waals surface area contributed by atoms with Crippen LogP contribution < -0.4 is 4.74 Å². The normalized spacial score (nSPS) is 10.1. The van der Waals surface area contributed by atoms with Gasteiger partial charge in [0.25, 0.3) is 6.39 Å². The summed E-state index contributed by atoms with van der Waals surface area (Å²) < 4.78 is 10.3. The summed E-state index contributed by atoms with van der Waals surface area (Å²) in [6.45, 7) is 4.04. The summed E-state index contributed by atoms with van der Waals surface area (Å²) >= 11 is 0. The molecule has 1 aromatic carbocycles. The van der Waals surface area contributed by atoms with Crippen molar-refractivity contribution in [3.63, 3.8) is 0 Å². The van der Waals surface area contributed by atoms with Crippen molar-refractivity contribution in [3.8, 4) is 11.7 Å². The maximum Gasteiger partial charge on any atom is 0.311 e. The van der Waals surface area contributed by atoms with Gasteiger partial charge < -0.3 is 9.15 Å². The smallest absolute Gasteiger partial charge is 0.311 e. The molecule has 0 aliphatic carbocycles. The molecule has 2 aromatic rings. The van der Waals surface area contributed by atoms with Gasteiger partial charge >= 0.3 is 5.95 Å². The highest BCUT2D eigenvalue weighted by Gasteiger charge is 2.04. The summed E-state index contributed by atoms with van der Waals surface area (Å²) in [5, 5.41) is 0. The van der Waals surface area contributed by atoms with Gasteiger partial charge in [0.1, 0.15) is 11.9 Å². The third kappa shape index (κ3) is 1.62. The van der Waals surface area contributed by atoms with Crippen molar-refractivity contribution in [1.29, 1.82) is 0 Å². The Bertz CT molecular complexity index is 421. The zero-order valence-electron chi connectivity index (χ0n) is 8.07. The standard InChI is InChI=1S/C11H10NO2/c1-8-4-3-5-10(9(8)2)14-11-6-12-7-13-11/h3-6H,1-2H3. The van der Waals surface area contributed by atoms with Crippen LogP contribution in [-0.2, 0) is 0 Å². The minimum atomic E-state index is 0.360. The number of hydrogen-bond acceptors (Lipinski definition) is 3. The van der Waals surface area contributed by atoms with Gasteiger partial charge in [0.05, 0.1) is 0 Å². The summed E-state index contributed by atoms with van der Waals surface area (Å²) in [4.78, 5) is 3.65. The summed E-state index contributed by atoms with van der Waals surface area (Å²) in [5.41, 5.74) is 2.29. The number of benzene rings is 1. The fraction of sp³-hybridized carbons (Fsp3) is 0.182. The average molecular weight is 188 g/mol. The van der Waals surface area contributed by atoms with E-state index >= 15 is 0 Å². The Kier molecular flexibility index (Phi) is 2.23. The largest absolute Gasteiger partial charge is 0.425 e. The van der Waals surface area contributed by atoms with Crippen LogP contribution in [0.2, 0.25) is 0 Å². The molecule has 14 heavy (non-hydrogen) atoms. The number of ether oxygens (including phenoxy) is 1. The van der Waals surface area contributed by atoms with Crippen LogP contribution in [0, 0.1) is 20.2 Å². The van der Waals surface area contributed by atoms with Crippen LogP contribution >= 0.6 is 0 Å². The minimum absolute atomic E-state index is 0.360. The molecule has 0 amide bonds. The Morgan fingerprint density at radius 1 is 1.36 bits per heavy atom. The van der Waals surface area contributed by atoms with Gasteiger partial charge in [-0.2, -0.15) is 0 Å². The van der Waals surface area contributed by atoms with E-state index < -0.39 is 0 Å². The first-order chi connectivity index (χ1) is 6.77. The lowest BCUT2D eigenvalue weighted by atomic mass is 10.1. The molecule has 1 radical (unpaired) electrons. The van der Waals surface area contributed by atoms with Gasteiger partial charge in [-0.25, -0.2) is 4.98 Å². The van der Waals surface area contributed by atoms with Crippen molar-refractivity contribution in [2.75, 3.05) is 0 Å². The van der Waals surface area contributed by atoms with E-state index in [1.165, 1.54) is 11.8 Å². The predicted octanol–water partition coefficient (Wildman–Crippen LogP) is 2.88. The lowest BCUT2D eigenvalue weighted by molar-refractivity contribution is 0.341. The second-order valence-corrected chi connectivity index (χ2v) is 3.07. The van der Waals surface area contributed by atoms with Crippen molar-refractivity contribution in [2.24, 2.45) is 0 Å². The van der Waals surface area contributed by atoms with Gasteiger partial charge in [0.2, 0.25) is 0 Å². The minimum Gasteiger partial charge on any atom is -0.425 e. The molecule has 1 aromatic heterocycles. The van der Waals surface area contributed by atoms with Crippen molar-refractivity contribution in [1.82, 2.24) is 4.98 Å². The first-order valence-corrected chi connectivity index (χ1v) is 4.33. The summed E-state index contributed by atoms with van der Waals surface area (Å²) in [6.07, 6.45) is 3.82. The van der Waals surface area contributed by atoms with Crippen LogP contribution in [0.4, 0.5) is 0 Å². The number of hydrogen-bond donors (Lipinski definition) is 0. The maximum absolute atomic E-state index is 5.47. The molecule has 0 unspecified atom stereocenters. The second-order valence-electron chi connectivity index (χ2n) is 3.07. The molecule has 0 aliphatic heterocycles. The molecule has 0 atom stereocenters. The fourth-order valence-electron chi connectivity index (χ4n) is 1.17. The molecule has 71 valence electrons. The number of aromatic nitrogens is 1. The van der Waals surface area contributed by atoms with Crippen LogP contribution in [-0.4, -0.2) is 4.98 Å². The number of rotatable bonds is 2. The van der Waals surface area contributed by atoms with Crippen molar-refractivity contribution < 1.29 is 9.15 Å². The van der Waals surface area contributed by atoms with E-state index in [0.717, 1.165) is 11.3 Å². The highest BCUT2D eigenvalue weighted by atomic mass is 16.6. The first-order valence-electron chi connectivity index (χ1n) is 4.33. The van der Waals surface area contributed by atoms with Crippen molar-refractivity contribution in [3.05, 3.63) is 41.9 Å². The Morgan fingerprint density at radius 2 is 2.21 bits per heavy atom. The highest BCUT2D eigenvalue weighted by molar-refractivity contribution is 5.39. The Balaban J connectivity index is 2.29. The van der Waals surface area contributed by atoms with Crippen molar-refractivity contribution in [2.45, 2.75) is 13.8 Å². The van der Waals surface area contributed by atoms with Crippen LogP contribution in [0.15, 0.2) is 28.8 Å². The van der Waals surface area contributed by atoms with Gasteiger partial charge in [0, 0.05) is 0 Å².